The Kier molecular flexibility index (Phi) is 0.970. The van der Waals surface area contributed by atoms with Crippen LogP contribution in [0.1, 0.15) is 6.92 Å². The number of rotatable bonds is 0. The molecule has 8 heavy (non-hydrogen) atoms. The average Bonchev–Trinajstić information content (AvgIpc) is 1.85. The maximum Gasteiger partial charge on any atom is 0.514 e. The van der Waals surface area contributed by atoms with Crippen molar-refractivity contribution in [2.45, 2.75) is 13.0 Å². The lowest BCUT2D eigenvalue weighted by molar-refractivity contribution is 0.122. The smallest absolute Gasteiger partial charge is 0.423 e. The van der Waals surface area contributed by atoms with Gasteiger partial charge in [0.1, 0.15) is 5.76 Å². The first-order valence-electron chi connectivity index (χ1n) is 2.27. The van der Waals surface area contributed by atoms with Crippen molar-refractivity contribution < 1.29 is 14.3 Å². The molecule has 0 saturated carbocycles. The highest BCUT2D eigenvalue weighted by Gasteiger charge is 2.24. The third-order valence-electron chi connectivity index (χ3n) is 0.941. The van der Waals surface area contributed by atoms with Crippen LogP contribution in [0.3, 0.4) is 0 Å². The molecular weight excluding hydrogens is 108 g/mol. The molecule has 1 fully saturated rings. The molecule has 0 bridgehead atoms. The molecule has 0 spiro atoms. The Hall–Kier alpha value is -0.990. The number of carbonyl (C=O) groups excluding carboxylic acids is 1. The highest BCUT2D eigenvalue weighted by Crippen LogP contribution is 2.15. The maximum absolute atomic E-state index is 10.2. The van der Waals surface area contributed by atoms with E-state index < -0.39 is 6.16 Å². The summed E-state index contributed by atoms with van der Waals surface area (Å²) in [5, 5.41) is 0. The molecule has 3 heteroatoms. The second-order valence-electron chi connectivity index (χ2n) is 1.58. The van der Waals surface area contributed by atoms with Crippen molar-refractivity contribution in [1.29, 1.82) is 0 Å². The molecule has 1 saturated heterocycles. The molecule has 0 N–H and O–H groups in total. The van der Waals surface area contributed by atoms with Crippen molar-refractivity contribution in [3.05, 3.63) is 12.3 Å². The van der Waals surface area contributed by atoms with E-state index in [2.05, 4.69) is 16.1 Å². The molecule has 0 amide bonds. The van der Waals surface area contributed by atoms with Crippen LogP contribution in [-0.2, 0) is 9.47 Å². The molecule has 1 rings (SSSR count). The van der Waals surface area contributed by atoms with Crippen LogP contribution in [0.5, 0.6) is 0 Å². The van der Waals surface area contributed by atoms with Gasteiger partial charge in [0.2, 0.25) is 0 Å². The first kappa shape index (κ1) is 5.15. The summed E-state index contributed by atoms with van der Waals surface area (Å²) in [7, 11) is 0. The molecule has 44 valence electrons. The molecule has 1 aliphatic heterocycles. The molecule has 0 aromatic rings. The zero-order valence-corrected chi connectivity index (χ0v) is 4.51. The third-order valence-corrected chi connectivity index (χ3v) is 0.941. The van der Waals surface area contributed by atoms with Gasteiger partial charge in [-0.05, 0) is 6.92 Å². The monoisotopic (exact) mass is 114 g/mol. The fourth-order valence-corrected chi connectivity index (χ4v) is 0.424. The van der Waals surface area contributed by atoms with Gasteiger partial charge in [-0.3, -0.25) is 0 Å². The van der Waals surface area contributed by atoms with Crippen LogP contribution in [0, 0.1) is 0 Å². The molecule has 0 unspecified atom stereocenters. The summed E-state index contributed by atoms with van der Waals surface area (Å²) in [6, 6.07) is 0. The molecule has 3 nitrogen and oxygen atoms in total. The van der Waals surface area contributed by atoms with Crippen molar-refractivity contribution >= 4 is 6.16 Å². The van der Waals surface area contributed by atoms with Gasteiger partial charge >= 0.3 is 6.16 Å². The summed E-state index contributed by atoms with van der Waals surface area (Å²) in [4.78, 5) is 10.2. The SMILES string of the molecule is C=C1OC(=O)O[C@H]1C. The first-order chi connectivity index (χ1) is 3.70. The van der Waals surface area contributed by atoms with Crippen molar-refractivity contribution in [1.82, 2.24) is 0 Å². The van der Waals surface area contributed by atoms with E-state index in [-0.39, 0.29) is 6.10 Å². The van der Waals surface area contributed by atoms with Crippen LogP contribution in [0.4, 0.5) is 4.79 Å². The first-order valence-corrected chi connectivity index (χ1v) is 2.27. The predicted octanol–water partition coefficient (Wildman–Crippen LogP) is 1.06. The summed E-state index contributed by atoms with van der Waals surface area (Å²) < 4.78 is 8.93. The van der Waals surface area contributed by atoms with Gasteiger partial charge in [-0.1, -0.05) is 6.58 Å². The van der Waals surface area contributed by atoms with Crippen molar-refractivity contribution in [2.75, 3.05) is 0 Å². The minimum Gasteiger partial charge on any atom is -0.423 e. The Morgan fingerprint density at radius 2 is 2.38 bits per heavy atom. The molecule has 1 atom stereocenters. The van der Waals surface area contributed by atoms with E-state index in [9.17, 15) is 4.79 Å². The summed E-state index contributed by atoms with van der Waals surface area (Å²) in [6.45, 7) is 5.12. The highest BCUT2D eigenvalue weighted by atomic mass is 16.8. The van der Waals surface area contributed by atoms with Crippen LogP contribution in [0.25, 0.3) is 0 Å². The van der Waals surface area contributed by atoms with Gasteiger partial charge in [0, 0.05) is 0 Å². The number of carbonyl (C=O) groups is 1. The molecule has 0 aromatic heterocycles. The van der Waals surface area contributed by atoms with Gasteiger partial charge in [-0.2, -0.15) is 0 Å². The lowest BCUT2D eigenvalue weighted by Gasteiger charge is -1.92. The minimum atomic E-state index is -0.650. The van der Waals surface area contributed by atoms with Crippen molar-refractivity contribution in [3.63, 3.8) is 0 Å². The lowest BCUT2D eigenvalue weighted by atomic mass is 10.4. The molecule has 1 heterocycles. The number of hydrogen-bond acceptors (Lipinski definition) is 3. The number of cyclic esters (lactones) is 2. The average molecular weight is 114 g/mol. The molecule has 0 radical (unpaired) electrons. The molecular formula is C5H6O3. The van der Waals surface area contributed by atoms with E-state index in [4.69, 9.17) is 0 Å². The largest absolute Gasteiger partial charge is 0.514 e. The quantitative estimate of drug-likeness (QED) is 0.441. The summed E-state index contributed by atoms with van der Waals surface area (Å²) >= 11 is 0. The zero-order chi connectivity index (χ0) is 6.15. The summed E-state index contributed by atoms with van der Waals surface area (Å²) in [6.07, 6.45) is -0.926. The van der Waals surface area contributed by atoms with Crippen molar-refractivity contribution in [2.24, 2.45) is 0 Å². The minimum absolute atomic E-state index is 0.275. The zero-order valence-electron chi connectivity index (χ0n) is 4.51. The van der Waals surface area contributed by atoms with Gasteiger partial charge in [0.05, 0.1) is 0 Å². The van der Waals surface area contributed by atoms with Gasteiger partial charge < -0.3 is 9.47 Å². The van der Waals surface area contributed by atoms with E-state index in [0.717, 1.165) is 0 Å². The Labute approximate surface area is 46.9 Å². The highest BCUT2D eigenvalue weighted by molar-refractivity contribution is 5.64. The van der Waals surface area contributed by atoms with Gasteiger partial charge in [-0.25, -0.2) is 4.79 Å². The van der Waals surface area contributed by atoms with E-state index >= 15 is 0 Å². The van der Waals surface area contributed by atoms with E-state index in [1.165, 1.54) is 0 Å². The van der Waals surface area contributed by atoms with Gasteiger partial charge in [0.25, 0.3) is 0 Å². The Morgan fingerprint density at radius 1 is 1.75 bits per heavy atom. The van der Waals surface area contributed by atoms with Crippen LogP contribution < -0.4 is 0 Å². The standard InChI is InChI=1S/C5H6O3/c1-3-4(2)8-5(6)7-3/h4H,1H2,2H3/t4-/m0/s1. The van der Waals surface area contributed by atoms with Crippen LogP contribution in [0.2, 0.25) is 0 Å². The number of hydrogen-bond donors (Lipinski definition) is 0. The van der Waals surface area contributed by atoms with Gasteiger partial charge in [0.15, 0.2) is 6.10 Å². The van der Waals surface area contributed by atoms with Crippen molar-refractivity contribution in [3.8, 4) is 0 Å². The van der Waals surface area contributed by atoms with E-state index in [0.29, 0.717) is 5.76 Å². The second kappa shape index (κ2) is 1.51. The molecule has 0 aliphatic carbocycles. The fraction of sp³-hybridized carbons (Fsp3) is 0.400. The van der Waals surface area contributed by atoms with Crippen LogP contribution in [-0.4, -0.2) is 12.3 Å². The topological polar surface area (TPSA) is 35.5 Å². The third kappa shape index (κ3) is 0.665. The Morgan fingerprint density at radius 3 is 2.50 bits per heavy atom. The Bertz CT molecular complexity index is 139. The normalized spacial score (nSPS) is 27.4. The lowest BCUT2D eigenvalue weighted by Crippen LogP contribution is -1.99. The van der Waals surface area contributed by atoms with E-state index in [1.54, 1.807) is 6.92 Å². The fourth-order valence-electron chi connectivity index (χ4n) is 0.424. The predicted molar refractivity (Wildman–Crippen MR) is 26.2 cm³/mol. The Balaban J connectivity index is 2.64. The van der Waals surface area contributed by atoms with Gasteiger partial charge in [-0.15, -0.1) is 0 Å². The van der Waals surface area contributed by atoms with Crippen LogP contribution in [0.15, 0.2) is 12.3 Å². The number of ether oxygens (including phenoxy) is 2. The molecule has 1 aliphatic rings. The molecule has 0 aromatic carbocycles. The maximum atomic E-state index is 10.2. The summed E-state index contributed by atoms with van der Waals surface area (Å²) in [5.74, 6) is 0.384. The summed E-state index contributed by atoms with van der Waals surface area (Å²) in [5.41, 5.74) is 0. The van der Waals surface area contributed by atoms with E-state index in [1.807, 2.05) is 0 Å². The van der Waals surface area contributed by atoms with Crippen LogP contribution >= 0.6 is 0 Å². The second-order valence-corrected chi connectivity index (χ2v) is 1.58.